The highest BCUT2D eigenvalue weighted by molar-refractivity contribution is 7.99. The van der Waals surface area contributed by atoms with Gasteiger partial charge in [-0.3, -0.25) is 0 Å². The number of carboxylic acids is 1. The van der Waals surface area contributed by atoms with Crippen LogP contribution >= 0.6 is 11.8 Å². The lowest BCUT2D eigenvalue weighted by molar-refractivity contribution is 0.0697. The Morgan fingerprint density at radius 1 is 1.30 bits per heavy atom. The summed E-state index contributed by atoms with van der Waals surface area (Å²) >= 11 is 1.66. The fourth-order valence-corrected chi connectivity index (χ4v) is 2.89. The van der Waals surface area contributed by atoms with Crippen molar-refractivity contribution in [2.75, 3.05) is 12.4 Å². The highest BCUT2D eigenvalue weighted by Crippen LogP contribution is 2.20. The van der Waals surface area contributed by atoms with Gasteiger partial charge >= 0.3 is 5.97 Å². The molecule has 0 unspecified atom stereocenters. The Kier molecular flexibility index (Phi) is 6.04. The van der Waals surface area contributed by atoms with Crippen molar-refractivity contribution in [3.63, 3.8) is 0 Å². The van der Waals surface area contributed by atoms with E-state index in [0.717, 1.165) is 23.2 Å². The number of ether oxygens (including phenoxy) is 1. The van der Waals surface area contributed by atoms with Crippen LogP contribution in [0.25, 0.3) is 0 Å². The highest BCUT2D eigenvalue weighted by Gasteiger charge is 2.11. The van der Waals surface area contributed by atoms with Gasteiger partial charge in [-0.25, -0.2) is 4.79 Å². The minimum atomic E-state index is -0.933. The van der Waals surface area contributed by atoms with E-state index in [0.29, 0.717) is 18.3 Å². The summed E-state index contributed by atoms with van der Waals surface area (Å²) in [5, 5.41) is 18.1. The van der Waals surface area contributed by atoms with Crippen molar-refractivity contribution >= 4 is 17.7 Å². The molecule has 0 spiro atoms. The predicted octanol–water partition coefficient (Wildman–Crippen LogP) is 3.20. The third kappa shape index (κ3) is 4.72. The molecule has 0 radical (unpaired) electrons. The number of rotatable bonds is 8. The van der Waals surface area contributed by atoms with Gasteiger partial charge in [-0.15, -0.1) is 10.2 Å². The van der Waals surface area contributed by atoms with Crippen molar-refractivity contribution in [1.29, 1.82) is 0 Å². The number of nitrogens with zero attached hydrogens (tertiary/aromatic N) is 3. The quantitative estimate of drug-likeness (QED) is 0.590. The molecule has 1 heterocycles. The van der Waals surface area contributed by atoms with E-state index in [2.05, 4.69) is 24.0 Å². The number of benzene rings is 1. The number of hydrogen-bond donors (Lipinski definition) is 1. The number of aromatic nitrogens is 3. The zero-order valence-electron chi connectivity index (χ0n) is 13.5. The number of aromatic carboxylic acids is 1. The molecule has 1 aromatic carbocycles. The molecule has 6 nitrogen and oxygen atoms in total. The molecule has 0 fully saturated rings. The van der Waals surface area contributed by atoms with Gasteiger partial charge < -0.3 is 14.4 Å². The normalized spacial score (nSPS) is 11.0. The molecule has 124 valence electrons. The van der Waals surface area contributed by atoms with E-state index in [-0.39, 0.29) is 5.56 Å². The zero-order chi connectivity index (χ0) is 16.8. The van der Waals surface area contributed by atoms with Crippen LogP contribution in [-0.4, -0.2) is 38.2 Å². The second-order valence-electron chi connectivity index (χ2n) is 5.43. The van der Waals surface area contributed by atoms with Crippen LogP contribution in [0.5, 0.6) is 5.75 Å². The maximum Gasteiger partial charge on any atom is 0.335 e. The molecule has 1 aromatic heterocycles. The van der Waals surface area contributed by atoms with Crippen LogP contribution in [-0.2, 0) is 7.05 Å². The average molecular weight is 335 g/mol. The summed E-state index contributed by atoms with van der Waals surface area (Å²) < 4.78 is 7.63. The monoisotopic (exact) mass is 335 g/mol. The first-order chi connectivity index (χ1) is 11.0. The molecule has 0 aliphatic heterocycles. The van der Waals surface area contributed by atoms with Crippen molar-refractivity contribution < 1.29 is 14.6 Å². The van der Waals surface area contributed by atoms with E-state index < -0.39 is 5.97 Å². The Labute approximate surface area is 139 Å². The molecule has 2 aromatic rings. The molecule has 0 atom stereocenters. The van der Waals surface area contributed by atoms with Gasteiger partial charge in [0.25, 0.3) is 0 Å². The Morgan fingerprint density at radius 3 is 2.57 bits per heavy atom. The van der Waals surface area contributed by atoms with E-state index >= 15 is 0 Å². The third-order valence-electron chi connectivity index (χ3n) is 3.27. The molecule has 0 bridgehead atoms. The summed E-state index contributed by atoms with van der Waals surface area (Å²) in [6.45, 7) is 4.78. The zero-order valence-corrected chi connectivity index (χ0v) is 14.3. The van der Waals surface area contributed by atoms with Gasteiger partial charge in [-0.2, -0.15) is 0 Å². The molecule has 1 N–H and O–H groups in total. The highest BCUT2D eigenvalue weighted by atomic mass is 32.2. The Balaban J connectivity index is 1.72. The van der Waals surface area contributed by atoms with Crippen molar-refractivity contribution in [3.05, 3.63) is 35.7 Å². The van der Waals surface area contributed by atoms with Crippen LogP contribution in [0.4, 0.5) is 0 Å². The number of thioether (sulfide) groups is 1. The third-order valence-corrected chi connectivity index (χ3v) is 4.38. The molecule has 0 aliphatic rings. The SMILES string of the molecule is CC(C)c1nnc(SCCCOc2ccc(C(=O)O)cc2)n1C. The molecular weight excluding hydrogens is 314 g/mol. The predicted molar refractivity (Wildman–Crippen MR) is 89.3 cm³/mol. The molecule has 0 amide bonds. The second kappa shape index (κ2) is 8.01. The molecule has 2 rings (SSSR count). The lowest BCUT2D eigenvalue weighted by Gasteiger charge is -2.07. The summed E-state index contributed by atoms with van der Waals surface area (Å²) in [5.41, 5.74) is 0.260. The first-order valence-electron chi connectivity index (χ1n) is 7.47. The van der Waals surface area contributed by atoms with Gasteiger partial charge in [0.15, 0.2) is 5.16 Å². The number of carboxylic acid groups (broad SMARTS) is 1. The number of hydrogen-bond acceptors (Lipinski definition) is 5. The standard InChI is InChI=1S/C16H21N3O3S/c1-11(2)14-17-18-16(19(14)3)23-10-4-9-22-13-7-5-12(6-8-13)15(20)21/h5-8,11H,4,9-10H2,1-3H3,(H,20,21). The summed E-state index contributed by atoms with van der Waals surface area (Å²) in [4.78, 5) is 10.8. The average Bonchev–Trinajstić information content (AvgIpc) is 2.88. The summed E-state index contributed by atoms with van der Waals surface area (Å²) in [6.07, 6.45) is 0.870. The van der Waals surface area contributed by atoms with E-state index in [1.54, 1.807) is 36.0 Å². The van der Waals surface area contributed by atoms with Crippen molar-refractivity contribution in [1.82, 2.24) is 14.8 Å². The van der Waals surface area contributed by atoms with Crippen LogP contribution in [0, 0.1) is 0 Å². The second-order valence-corrected chi connectivity index (χ2v) is 6.50. The van der Waals surface area contributed by atoms with E-state index in [9.17, 15) is 4.79 Å². The first-order valence-corrected chi connectivity index (χ1v) is 8.46. The van der Waals surface area contributed by atoms with Crippen LogP contribution in [0.2, 0.25) is 0 Å². The van der Waals surface area contributed by atoms with Crippen LogP contribution in [0.1, 0.15) is 42.4 Å². The molecule has 23 heavy (non-hydrogen) atoms. The van der Waals surface area contributed by atoms with Gasteiger partial charge in [0.05, 0.1) is 12.2 Å². The van der Waals surface area contributed by atoms with Crippen LogP contribution in [0.15, 0.2) is 29.4 Å². The largest absolute Gasteiger partial charge is 0.494 e. The van der Waals surface area contributed by atoms with E-state index in [1.807, 2.05) is 11.6 Å². The smallest absolute Gasteiger partial charge is 0.335 e. The van der Waals surface area contributed by atoms with Gasteiger partial charge in [0.1, 0.15) is 11.6 Å². The maximum atomic E-state index is 10.8. The van der Waals surface area contributed by atoms with Crippen molar-refractivity contribution in [3.8, 4) is 5.75 Å². The first kappa shape index (κ1) is 17.3. The summed E-state index contributed by atoms with van der Waals surface area (Å²) in [6, 6.07) is 6.43. The van der Waals surface area contributed by atoms with Crippen LogP contribution in [0.3, 0.4) is 0 Å². The van der Waals surface area contributed by atoms with Gasteiger partial charge in [0, 0.05) is 18.7 Å². The molecule has 7 heteroatoms. The maximum absolute atomic E-state index is 10.8. The fraction of sp³-hybridized carbons (Fsp3) is 0.438. The minimum Gasteiger partial charge on any atom is -0.494 e. The van der Waals surface area contributed by atoms with E-state index in [4.69, 9.17) is 9.84 Å². The van der Waals surface area contributed by atoms with Gasteiger partial charge in [0.2, 0.25) is 0 Å². The number of carbonyl (C=O) groups is 1. The van der Waals surface area contributed by atoms with Crippen LogP contribution < -0.4 is 4.74 Å². The summed E-state index contributed by atoms with van der Waals surface area (Å²) in [7, 11) is 1.98. The van der Waals surface area contributed by atoms with Gasteiger partial charge in [-0.1, -0.05) is 25.6 Å². The Hall–Kier alpha value is -2.02. The molecule has 0 saturated heterocycles. The fourth-order valence-electron chi connectivity index (χ4n) is 2.06. The van der Waals surface area contributed by atoms with Crippen molar-refractivity contribution in [2.24, 2.45) is 7.05 Å². The van der Waals surface area contributed by atoms with E-state index in [1.165, 1.54) is 0 Å². The minimum absolute atomic E-state index is 0.260. The summed E-state index contributed by atoms with van der Waals surface area (Å²) in [5.74, 6) is 1.98. The van der Waals surface area contributed by atoms with Crippen molar-refractivity contribution in [2.45, 2.75) is 31.3 Å². The molecular formula is C16H21N3O3S. The Morgan fingerprint density at radius 2 is 2.00 bits per heavy atom. The molecule has 0 saturated carbocycles. The Bertz CT molecular complexity index is 653. The lowest BCUT2D eigenvalue weighted by Crippen LogP contribution is -2.02. The lowest BCUT2D eigenvalue weighted by atomic mass is 10.2. The van der Waals surface area contributed by atoms with Gasteiger partial charge in [-0.05, 0) is 30.7 Å². The molecule has 0 aliphatic carbocycles. The topological polar surface area (TPSA) is 77.2 Å².